The van der Waals surface area contributed by atoms with Crippen molar-refractivity contribution in [2.24, 2.45) is 5.92 Å². The second-order valence-corrected chi connectivity index (χ2v) is 7.42. The van der Waals surface area contributed by atoms with Crippen molar-refractivity contribution in [2.75, 3.05) is 22.5 Å². The Hall–Kier alpha value is -3.43. The first-order valence-corrected chi connectivity index (χ1v) is 10.2. The van der Waals surface area contributed by atoms with Crippen LogP contribution in [-0.2, 0) is 9.53 Å². The quantitative estimate of drug-likeness (QED) is 0.555. The average Bonchev–Trinajstić information content (AvgIpc) is 3.10. The summed E-state index contributed by atoms with van der Waals surface area (Å²) in [6, 6.07) is 12.5. The highest BCUT2D eigenvalue weighted by Crippen LogP contribution is 2.30. The predicted molar refractivity (Wildman–Crippen MR) is 113 cm³/mol. The number of ether oxygens (including phenoxy) is 2. The number of amides is 2. The number of nitrogen functional groups attached to an aromatic ring is 1. The van der Waals surface area contributed by atoms with E-state index in [1.54, 1.807) is 4.90 Å². The van der Waals surface area contributed by atoms with Gasteiger partial charge in [-0.15, -0.1) is 13.2 Å². The molecular weight excluding hydrogens is 427 g/mol. The van der Waals surface area contributed by atoms with Crippen molar-refractivity contribution >= 4 is 29.1 Å². The monoisotopic (exact) mass is 451 g/mol. The van der Waals surface area contributed by atoms with E-state index < -0.39 is 18.2 Å². The molecule has 32 heavy (non-hydrogen) atoms. The molecule has 7 nitrogen and oxygen atoms in total. The highest BCUT2D eigenvalue weighted by atomic mass is 19.4. The molecule has 1 aliphatic heterocycles. The third kappa shape index (κ3) is 6.05. The molecule has 0 saturated carbocycles. The number of nitrogens with two attached hydrogens (primary N) is 1. The maximum atomic E-state index is 12.7. The third-order valence-corrected chi connectivity index (χ3v) is 5.16. The first-order chi connectivity index (χ1) is 15.2. The SMILES string of the molecule is CC[C@H](CC[C@@H]1CN(c2ccccc2)C(=O)O1)C(=O)Nc1ccc(OC(F)(F)F)cc1N. The summed E-state index contributed by atoms with van der Waals surface area (Å²) in [4.78, 5) is 26.4. The van der Waals surface area contributed by atoms with Crippen molar-refractivity contribution in [2.45, 2.75) is 38.7 Å². The van der Waals surface area contributed by atoms with Gasteiger partial charge in [-0.1, -0.05) is 25.1 Å². The largest absolute Gasteiger partial charge is 0.573 e. The number of nitrogens with zero attached hydrogens (tertiary/aromatic N) is 1. The van der Waals surface area contributed by atoms with Crippen molar-refractivity contribution in [3.8, 4) is 5.75 Å². The maximum Gasteiger partial charge on any atom is 0.573 e. The average molecular weight is 451 g/mol. The summed E-state index contributed by atoms with van der Waals surface area (Å²) in [5.74, 6) is -1.16. The lowest BCUT2D eigenvalue weighted by Crippen LogP contribution is -2.26. The molecule has 0 bridgehead atoms. The second-order valence-electron chi connectivity index (χ2n) is 7.42. The number of anilines is 3. The zero-order valence-electron chi connectivity index (χ0n) is 17.4. The van der Waals surface area contributed by atoms with Crippen LogP contribution in [0.5, 0.6) is 5.75 Å². The first-order valence-electron chi connectivity index (χ1n) is 10.2. The predicted octanol–water partition coefficient (Wildman–Crippen LogP) is 4.94. The normalized spacial score (nSPS) is 17.1. The fraction of sp³-hybridized carbons (Fsp3) is 0.364. The van der Waals surface area contributed by atoms with Crippen LogP contribution in [0.3, 0.4) is 0 Å². The van der Waals surface area contributed by atoms with Crippen molar-refractivity contribution in [3.63, 3.8) is 0 Å². The lowest BCUT2D eigenvalue weighted by molar-refractivity contribution is -0.274. The minimum Gasteiger partial charge on any atom is -0.444 e. The van der Waals surface area contributed by atoms with E-state index in [0.29, 0.717) is 25.8 Å². The zero-order chi connectivity index (χ0) is 23.3. The molecular formula is C22H24F3N3O4. The Morgan fingerprint density at radius 3 is 2.62 bits per heavy atom. The number of halogens is 3. The summed E-state index contributed by atoms with van der Waals surface area (Å²) in [7, 11) is 0. The van der Waals surface area contributed by atoms with Gasteiger partial charge < -0.3 is 20.5 Å². The number of alkyl halides is 3. The van der Waals surface area contributed by atoms with Gasteiger partial charge >= 0.3 is 12.5 Å². The Labute approximate surface area is 183 Å². The van der Waals surface area contributed by atoms with Gasteiger partial charge in [-0.25, -0.2) is 4.79 Å². The molecule has 3 rings (SSSR count). The Balaban J connectivity index is 1.55. The molecule has 10 heteroatoms. The molecule has 1 fully saturated rings. The van der Waals surface area contributed by atoms with Crippen molar-refractivity contribution < 1.29 is 32.2 Å². The number of carbonyl (C=O) groups is 2. The van der Waals surface area contributed by atoms with Crippen LogP contribution in [0, 0.1) is 5.92 Å². The van der Waals surface area contributed by atoms with E-state index in [0.717, 1.165) is 17.8 Å². The molecule has 0 aromatic heterocycles. The van der Waals surface area contributed by atoms with E-state index in [4.69, 9.17) is 10.5 Å². The Bertz CT molecular complexity index is 953. The van der Waals surface area contributed by atoms with Crippen LogP contribution in [0.4, 0.5) is 35.0 Å². The number of hydrogen-bond acceptors (Lipinski definition) is 5. The molecule has 1 saturated heterocycles. The number of benzene rings is 2. The number of rotatable bonds is 8. The highest BCUT2D eigenvalue weighted by molar-refractivity contribution is 5.95. The summed E-state index contributed by atoms with van der Waals surface area (Å²) in [5, 5.41) is 2.65. The van der Waals surface area contributed by atoms with E-state index in [2.05, 4.69) is 10.1 Å². The fourth-order valence-corrected chi connectivity index (χ4v) is 3.48. The van der Waals surface area contributed by atoms with Gasteiger partial charge in [-0.3, -0.25) is 9.69 Å². The number of carbonyl (C=O) groups excluding carboxylic acids is 2. The number of hydrogen-bond donors (Lipinski definition) is 2. The minimum absolute atomic E-state index is 0.0434. The van der Waals surface area contributed by atoms with E-state index >= 15 is 0 Å². The van der Waals surface area contributed by atoms with Gasteiger partial charge in [0.05, 0.1) is 17.9 Å². The van der Waals surface area contributed by atoms with Crippen LogP contribution in [0.15, 0.2) is 48.5 Å². The van der Waals surface area contributed by atoms with E-state index in [1.807, 2.05) is 37.3 Å². The summed E-state index contributed by atoms with van der Waals surface area (Å²) >= 11 is 0. The molecule has 2 atom stereocenters. The molecule has 2 aromatic carbocycles. The Morgan fingerprint density at radius 1 is 1.28 bits per heavy atom. The van der Waals surface area contributed by atoms with E-state index in [1.165, 1.54) is 6.07 Å². The first kappa shape index (κ1) is 23.2. The van der Waals surface area contributed by atoms with Gasteiger partial charge in [0.2, 0.25) is 5.91 Å². The number of cyclic esters (lactones) is 1. The van der Waals surface area contributed by atoms with Crippen LogP contribution in [-0.4, -0.2) is 31.0 Å². The fourth-order valence-electron chi connectivity index (χ4n) is 3.48. The van der Waals surface area contributed by atoms with E-state index in [-0.39, 0.29) is 29.3 Å². The lowest BCUT2D eigenvalue weighted by Gasteiger charge is -2.18. The minimum atomic E-state index is -4.83. The molecule has 0 radical (unpaired) electrons. The molecule has 0 spiro atoms. The highest BCUT2D eigenvalue weighted by Gasteiger charge is 2.33. The van der Waals surface area contributed by atoms with Crippen LogP contribution in [0.1, 0.15) is 26.2 Å². The maximum absolute atomic E-state index is 12.7. The van der Waals surface area contributed by atoms with Gasteiger partial charge in [0.25, 0.3) is 0 Å². The topological polar surface area (TPSA) is 93.9 Å². The Kier molecular flexibility index (Phi) is 7.12. The van der Waals surface area contributed by atoms with Crippen LogP contribution in [0.2, 0.25) is 0 Å². The smallest absolute Gasteiger partial charge is 0.444 e. The molecule has 1 heterocycles. The third-order valence-electron chi connectivity index (χ3n) is 5.16. The number of para-hydroxylation sites is 1. The van der Waals surface area contributed by atoms with Gasteiger partial charge in [0.15, 0.2) is 0 Å². The standard InChI is InChI=1S/C22H24F3N3O4/c1-2-14(8-9-17-13-28(21(30)31-17)15-6-4-3-5-7-15)20(29)27-19-11-10-16(12-18(19)26)32-22(23,24)25/h3-7,10-12,14,17H,2,8-9,13,26H2,1H3,(H,27,29)/t14-,17-/m1/s1. The van der Waals surface area contributed by atoms with Gasteiger partial charge in [0, 0.05) is 17.7 Å². The summed E-state index contributed by atoms with van der Waals surface area (Å²) < 4.78 is 46.2. The molecule has 172 valence electrons. The molecule has 3 N–H and O–H groups in total. The van der Waals surface area contributed by atoms with Crippen LogP contribution in [0.25, 0.3) is 0 Å². The molecule has 1 aliphatic rings. The van der Waals surface area contributed by atoms with Gasteiger partial charge in [-0.2, -0.15) is 0 Å². The van der Waals surface area contributed by atoms with Gasteiger partial charge in [-0.05, 0) is 43.5 Å². The molecule has 2 amide bonds. The van der Waals surface area contributed by atoms with Crippen molar-refractivity contribution in [1.82, 2.24) is 0 Å². The lowest BCUT2D eigenvalue weighted by atomic mass is 9.97. The molecule has 2 aromatic rings. The summed E-state index contributed by atoms with van der Waals surface area (Å²) in [6.07, 6.45) is -4.09. The van der Waals surface area contributed by atoms with Crippen LogP contribution < -0.4 is 20.7 Å². The second kappa shape index (κ2) is 9.80. The molecule has 0 aliphatic carbocycles. The zero-order valence-corrected chi connectivity index (χ0v) is 17.4. The molecule has 0 unspecified atom stereocenters. The number of nitrogens with one attached hydrogen (secondary N) is 1. The van der Waals surface area contributed by atoms with Crippen LogP contribution >= 0.6 is 0 Å². The van der Waals surface area contributed by atoms with Crippen molar-refractivity contribution in [1.29, 1.82) is 0 Å². The Morgan fingerprint density at radius 2 is 2.00 bits per heavy atom. The van der Waals surface area contributed by atoms with Crippen molar-refractivity contribution in [3.05, 3.63) is 48.5 Å². The van der Waals surface area contributed by atoms with Gasteiger partial charge in [0.1, 0.15) is 11.9 Å². The van der Waals surface area contributed by atoms with E-state index in [9.17, 15) is 22.8 Å². The summed E-state index contributed by atoms with van der Waals surface area (Å²) in [6.45, 7) is 2.25. The summed E-state index contributed by atoms with van der Waals surface area (Å²) in [5.41, 5.74) is 6.67.